The van der Waals surface area contributed by atoms with Crippen LogP contribution in [-0.2, 0) is 27.3 Å². The van der Waals surface area contributed by atoms with Crippen LogP contribution in [0.4, 0.5) is 19.7 Å². The minimum atomic E-state index is -1.40. The molecule has 1 unspecified atom stereocenters. The van der Waals surface area contributed by atoms with E-state index in [-0.39, 0.29) is 48.2 Å². The SMILES string of the molecule is CC(C)Cc1cc(F)cc2c1nc(Cn1cccc(NC(=O)C(CC/C=C/C(=O)N(C)C)OC(=O)N(C)C)c1=O)n2C(=O)O. The molecule has 0 bridgehead atoms. The van der Waals surface area contributed by atoms with E-state index in [9.17, 15) is 33.5 Å². The topological polar surface area (TPSA) is 156 Å². The second-order valence-electron chi connectivity index (χ2n) is 11.0. The van der Waals surface area contributed by atoms with Crippen molar-refractivity contribution in [2.24, 2.45) is 5.92 Å². The van der Waals surface area contributed by atoms with E-state index in [2.05, 4.69) is 10.3 Å². The molecular weight excluding hydrogens is 575 g/mol. The van der Waals surface area contributed by atoms with Crippen LogP contribution in [0.15, 0.2) is 47.4 Å². The molecule has 0 spiro atoms. The molecule has 13 nitrogen and oxygen atoms in total. The first kappa shape index (κ1) is 33.5. The molecule has 1 atom stereocenters. The molecule has 0 aliphatic heterocycles. The number of halogens is 1. The van der Waals surface area contributed by atoms with Gasteiger partial charge in [0.15, 0.2) is 6.10 Å². The lowest BCUT2D eigenvalue weighted by atomic mass is 10.0. The Bertz CT molecular complexity index is 1640. The van der Waals surface area contributed by atoms with Gasteiger partial charge < -0.3 is 29.5 Å². The maximum atomic E-state index is 14.4. The van der Waals surface area contributed by atoms with E-state index in [1.54, 1.807) is 20.2 Å². The van der Waals surface area contributed by atoms with Gasteiger partial charge in [0.25, 0.3) is 11.5 Å². The van der Waals surface area contributed by atoms with Crippen LogP contribution in [0.3, 0.4) is 0 Å². The van der Waals surface area contributed by atoms with Crippen molar-refractivity contribution in [2.45, 2.75) is 45.8 Å². The van der Waals surface area contributed by atoms with Crippen molar-refractivity contribution in [3.8, 4) is 0 Å². The van der Waals surface area contributed by atoms with Gasteiger partial charge in [0.05, 0.1) is 17.6 Å². The number of carbonyl (C=O) groups is 4. The average Bonchev–Trinajstić information content (AvgIpc) is 3.29. The molecule has 1 aromatic carbocycles. The van der Waals surface area contributed by atoms with Gasteiger partial charge in [-0.25, -0.2) is 23.5 Å². The summed E-state index contributed by atoms with van der Waals surface area (Å²) in [5, 5.41) is 12.4. The van der Waals surface area contributed by atoms with E-state index in [4.69, 9.17) is 4.74 Å². The Hall–Kier alpha value is -5.01. The number of hydrogen-bond acceptors (Lipinski definition) is 7. The zero-order chi connectivity index (χ0) is 32.7. The minimum absolute atomic E-state index is 0.0227. The Morgan fingerprint density at radius 2 is 1.84 bits per heavy atom. The fourth-order valence-corrected chi connectivity index (χ4v) is 4.35. The number of ether oxygens (including phenoxy) is 1. The van der Waals surface area contributed by atoms with Crippen LogP contribution in [0.2, 0.25) is 0 Å². The molecule has 3 aromatic rings. The largest absolute Gasteiger partial charge is 0.464 e. The Morgan fingerprint density at radius 1 is 1.14 bits per heavy atom. The van der Waals surface area contributed by atoms with Gasteiger partial charge in [-0.1, -0.05) is 19.9 Å². The van der Waals surface area contributed by atoms with Gasteiger partial charge in [0.1, 0.15) is 17.3 Å². The summed E-state index contributed by atoms with van der Waals surface area (Å²) in [5.74, 6) is -1.50. The molecule has 2 heterocycles. The Balaban J connectivity index is 1.90. The van der Waals surface area contributed by atoms with Gasteiger partial charge in [-0.2, -0.15) is 0 Å². The number of allylic oxidation sites excluding steroid dienone is 1. The number of likely N-dealkylation sites (N-methyl/N-ethyl adjacent to an activating group) is 1. The molecule has 3 amide bonds. The quantitative estimate of drug-likeness (QED) is 0.312. The smallest absolute Gasteiger partial charge is 0.417 e. The second-order valence-corrected chi connectivity index (χ2v) is 11.0. The summed E-state index contributed by atoms with van der Waals surface area (Å²) in [6.07, 6.45) is 1.55. The lowest BCUT2D eigenvalue weighted by Gasteiger charge is -2.19. The van der Waals surface area contributed by atoms with Crippen LogP contribution < -0.4 is 10.9 Å². The predicted molar refractivity (Wildman–Crippen MR) is 161 cm³/mol. The van der Waals surface area contributed by atoms with E-state index < -0.39 is 35.6 Å². The van der Waals surface area contributed by atoms with Crippen molar-refractivity contribution in [2.75, 3.05) is 33.5 Å². The predicted octanol–water partition coefficient (Wildman–Crippen LogP) is 3.54. The number of fused-ring (bicyclic) bond motifs is 1. The standard InChI is InChI=1S/C30H37FN6O7/c1-18(2)14-19-15-20(31)16-22-26(19)33-24(37(22)29(41)42)17-36-13-9-10-21(28(36)40)32-27(39)23(44-30(43)35(5)6)11-7-8-12-25(38)34(3)4/h8-10,12-13,15-16,18,23H,7,11,14,17H2,1-6H3,(H,32,39)(H,41,42)/b12-8+. The summed E-state index contributed by atoms with van der Waals surface area (Å²) in [7, 11) is 6.09. The van der Waals surface area contributed by atoms with E-state index in [0.717, 1.165) is 20.1 Å². The normalized spacial score (nSPS) is 12.0. The Labute approximate surface area is 253 Å². The van der Waals surface area contributed by atoms with Crippen LogP contribution in [0, 0.1) is 11.7 Å². The Kier molecular flexibility index (Phi) is 11.0. The molecule has 0 saturated heterocycles. The number of nitrogens with zero attached hydrogens (tertiary/aromatic N) is 5. The lowest BCUT2D eigenvalue weighted by molar-refractivity contribution is -0.125. The zero-order valence-corrected chi connectivity index (χ0v) is 25.5. The molecule has 44 heavy (non-hydrogen) atoms. The van der Waals surface area contributed by atoms with Crippen molar-refractivity contribution >= 4 is 40.7 Å². The van der Waals surface area contributed by atoms with Crippen molar-refractivity contribution in [3.05, 3.63) is 70.2 Å². The van der Waals surface area contributed by atoms with E-state index in [1.165, 1.54) is 49.5 Å². The summed E-state index contributed by atoms with van der Waals surface area (Å²) in [6, 6.07) is 5.24. The first-order valence-corrected chi connectivity index (χ1v) is 13.9. The fraction of sp³-hybridized carbons (Fsp3) is 0.400. The highest BCUT2D eigenvalue weighted by atomic mass is 19.1. The highest BCUT2D eigenvalue weighted by molar-refractivity contribution is 5.95. The fourth-order valence-electron chi connectivity index (χ4n) is 4.35. The highest BCUT2D eigenvalue weighted by Crippen LogP contribution is 2.25. The summed E-state index contributed by atoms with van der Waals surface area (Å²) >= 11 is 0. The van der Waals surface area contributed by atoms with Gasteiger partial charge in [-0.05, 0) is 55.0 Å². The summed E-state index contributed by atoms with van der Waals surface area (Å²) in [6.45, 7) is 3.59. The third kappa shape index (κ3) is 8.30. The molecule has 0 aliphatic carbocycles. The van der Waals surface area contributed by atoms with Crippen LogP contribution in [-0.4, -0.2) is 87.3 Å². The van der Waals surface area contributed by atoms with E-state index in [1.807, 2.05) is 13.8 Å². The lowest BCUT2D eigenvalue weighted by Crippen LogP contribution is -2.37. The third-order valence-electron chi connectivity index (χ3n) is 6.48. The number of pyridine rings is 1. The van der Waals surface area contributed by atoms with Gasteiger partial charge in [-0.15, -0.1) is 0 Å². The molecule has 14 heteroatoms. The molecule has 0 radical (unpaired) electrons. The number of benzene rings is 1. The molecular formula is C30H37FN6O7. The second kappa shape index (κ2) is 14.4. The number of carbonyl (C=O) groups excluding carboxylic acids is 3. The number of anilines is 1. The number of carboxylic acid groups (broad SMARTS) is 1. The van der Waals surface area contributed by atoms with E-state index in [0.29, 0.717) is 17.5 Å². The molecule has 236 valence electrons. The van der Waals surface area contributed by atoms with Crippen LogP contribution >= 0.6 is 0 Å². The molecule has 3 rings (SSSR count). The molecule has 0 aliphatic rings. The van der Waals surface area contributed by atoms with Crippen molar-refractivity contribution in [1.82, 2.24) is 23.9 Å². The van der Waals surface area contributed by atoms with Crippen LogP contribution in [0.1, 0.15) is 38.1 Å². The van der Waals surface area contributed by atoms with Crippen molar-refractivity contribution < 1.29 is 33.4 Å². The molecule has 0 saturated carbocycles. The monoisotopic (exact) mass is 612 g/mol. The molecule has 2 aromatic heterocycles. The zero-order valence-electron chi connectivity index (χ0n) is 25.5. The number of nitrogens with one attached hydrogen (secondary N) is 1. The number of aromatic nitrogens is 3. The number of rotatable bonds is 11. The maximum absolute atomic E-state index is 14.4. The Morgan fingerprint density at radius 3 is 2.45 bits per heavy atom. The van der Waals surface area contributed by atoms with Gasteiger partial charge in [0.2, 0.25) is 5.91 Å². The molecule has 0 fully saturated rings. The highest BCUT2D eigenvalue weighted by Gasteiger charge is 2.25. The van der Waals surface area contributed by atoms with Gasteiger partial charge in [0, 0.05) is 40.5 Å². The first-order chi connectivity index (χ1) is 20.7. The van der Waals surface area contributed by atoms with Crippen LogP contribution in [0.5, 0.6) is 0 Å². The summed E-state index contributed by atoms with van der Waals surface area (Å²) in [4.78, 5) is 69.7. The third-order valence-corrected chi connectivity index (χ3v) is 6.48. The number of hydrogen-bond donors (Lipinski definition) is 2. The van der Waals surface area contributed by atoms with E-state index >= 15 is 0 Å². The van der Waals surface area contributed by atoms with Crippen LogP contribution in [0.25, 0.3) is 11.0 Å². The summed E-state index contributed by atoms with van der Waals surface area (Å²) in [5.41, 5.74) is 0.108. The minimum Gasteiger partial charge on any atom is -0.464 e. The van der Waals surface area contributed by atoms with Gasteiger partial charge >= 0.3 is 12.2 Å². The first-order valence-electron chi connectivity index (χ1n) is 13.9. The van der Waals surface area contributed by atoms with Gasteiger partial charge in [-0.3, -0.25) is 14.4 Å². The molecule has 2 N–H and O–H groups in total. The number of imidazole rings is 1. The average molecular weight is 613 g/mol. The summed E-state index contributed by atoms with van der Waals surface area (Å²) < 4.78 is 21.7. The maximum Gasteiger partial charge on any atom is 0.417 e. The number of amides is 3. The van der Waals surface area contributed by atoms with Crippen molar-refractivity contribution in [3.63, 3.8) is 0 Å². The van der Waals surface area contributed by atoms with Crippen molar-refractivity contribution in [1.29, 1.82) is 0 Å².